The van der Waals surface area contributed by atoms with E-state index in [1.165, 1.54) is 53.8 Å². The van der Waals surface area contributed by atoms with Crippen LogP contribution in [0.1, 0.15) is 68.7 Å². The summed E-state index contributed by atoms with van der Waals surface area (Å²) >= 11 is 0. The Kier molecular flexibility index (Phi) is 15.6. The van der Waals surface area contributed by atoms with Gasteiger partial charge in [-0.05, 0) is 82.3 Å². The lowest BCUT2D eigenvalue weighted by molar-refractivity contribution is 0.222. The molecule has 1 aliphatic heterocycles. The maximum absolute atomic E-state index is 3.79. The van der Waals surface area contributed by atoms with Crippen LogP contribution in [0.15, 0.2) is 49.3 Å². The minimum Gasteiger partial charge on any atom is -0.393 e. The van der Waals surface area contributed by atoms with Crippen LogP contribution in [-0.4, -0.2) is 31.6 Å². The molecular weight excluding hydrogens is 366 g/mol. The van der Waals surface area contributed by atoms with Gasteiger partial charge in [-0.15, -0.1) is 13.2 Å². The van der Waals surface area contributed by atoms with Crippen LogP contribution in [0.4, 0.5) is 0 Å². The number of rotatable bonds is 7. The van der Waals surface area contributed by atoms with Crippen LogP contribution in [0.3, 0.4) is 0 Å². The number of nitrogens with zero attached hydrogens (tertiary/aromatic N) is 1. The Labute approximate surface area is 187 Å². The van der Waals surface area contributed by atoms with Crippen molar-refractivity contribution in [3.8, 4) is 0 Å². The predicted octanol–water partition coefficient (Wildman–Crippen LogP) is 6.28. The van der Waals surface area contributed by atoms with Crippen molar-refractivity contribution in [2.45, 2.75) is 79.3 Å². The molecule has 1 aliphatic rings. The molecule has 0 bridgehead atoms. The van der Waals surface area contributed by atoms with E-state index in [1.54, 1.807) is 6.08 Å². The Balaban J connectivity index is 0.000000581. The molecule has 2 rings (SSSR count). The van der Waals surface area contributed by atoms with Gasteiger partial charge in [0.1, 0.15) is 0 Å². The third-order valence-corrected chi connectivity index (χ3v) is 5.70. The van der Waals surface area contributed by atoms with Gasteiger partial charge in [0.25, 0.3) is 0 Å². The first-order chi connectivity index (χ1) is 14.4. The first-order valence-electron chi connectivity index (χ1n) is 11.5. The Morgan fingerprint density at radius 1 is 1.13 bits per heavy atom. The fourth-order valence-electron chi connectivity index (χ4n) is 3.57. The van der Waals surface area contributed by atoms with Gasteiger partial charge in [0.15, 0.2) is 0 Å². The molecule has 3 heteroatoms. The molecule has 1 saturated heterocycles. The number of hydrogen-bond donors (Lipinski definition) is 2. The molecule has 0 aromatic heterocycles. The van der Waals surface area contributed by atoms with Gasteiger partial charge >= 0.3 is 0 Å². The van der Waals surface area contributed by atoms with Crippen LogP contribution in [0.2, 0.25) is 0 Å². The highest BCUT2D eigenvalue weighted by atomic mass is 15.1. The monoisotopic (exact) mass is 413 g/mol. The number of piperidine rings is 1. The van der Waals surface area contributed by atoms with E-state index in [1.807, 2.05) is 20.2 Å². The zero-order valence-electron chi connectivity index (χ0n) is 20.8. The van der Waals surface area contributed by atoms with Gasteiger partial charge in [-0.25, -0.2) is 0 Å². The molecule has 1 heterocycles. The van der Waals surface area contributed by atoms with Crippen molar-refractivity contribution in [2.24, 2.45) is 0 Å². The lowest BCUT2D eigenvalue weighted by atomic mass is 9.96. The van der Waals surface area contributed by atoms with E-state index in [9.17, 15) is 0 Å². The maximum Gasteiger partial charge on any atom is 0.0401 e. The van der Waals surface area contributed by atoms with Gasteiger partial charge < -0.3 is 10.6 Å². The molecule has 0 amide bonds. The normalized spacial score (nSPS) is 16.4. The molecular formula is C27H47N3. The van der Waals surface area contributed by atoms with E-state index in [0.717, 1.165) is 19.4 Å². The molecule has 0 spiro atoms. The van der Waals surface area contributed by atoms with Crippen LogP contribution >= 0.6 is 0 Å². The Hall–Kier alpha value is -2.00. The number of benzene rings is 1. The average Bonchev–Trinajstić information content (AvgIpc) is 2.75. The molecule has 0 aliphatic carbocycles. The first kappa shape index (κ1) is 28.0. The minimum atomic E-state index is 0.652. The smallest absolute Gasteiger partial charge is 0.0401 e. The van der Waals surface area contributed by atoms with Crippen molar-refractivity contribution in [1.29, 1.82) is 0 Å². The van der Waals surface area contributed by atoms with Crippen LogP contribution in [0.5, 0.6) is 0 Å². The van der Waals surface area contributed by atoms with Crippen molar-refractivity contribution in [2.75, 3.05) is 20.6 Å². The molecule has 3 nitrogen and oxygen atoms in total. The quantitative estimate of drug-likeness (QED) is 0.515. The third-order valence-electron chi connectivity index (χ3n) is 5.70. The zero-order valence-corrected chi connectivity index (χ0v) is 20.8. The predicted molar refractivity (Wildman–Crippen MR) is 136 cm³/mol. The second-order valence-corrected chi connectivity index (χ2v) is 7.84. The van der Waals surface area contributed by atoms with Gasteiger partial charge in [-0.3, -0.25) is 4.90 Å². The fraction of sp³-hybridized carbons (Fsp3) is 0.556. The SMILES string of the molecule is C=CC.C=CC1CCCCN1C.CC/C(=C/NC)NCc1ccc(CC)c(C)c1C. The van der Waals surface area contributed by atoms with Crippen LogP contribution in [0, 0.1) is 13.8 Å². The van der Waals surface area contributed by atoms with E-state index >= 15 is 0 Å². The summed E-state index contributed by atoms with van der Waals surface area (Å²) in [5.41, 5.74) is 6.95. The summed E-state index contributed by atoms with van der Waals surface area (Å²) in [6.45, 7) is 20.0. The van der Waals surface area contributed by atoms with E-state index < -0.39 is 0 Å². The zero-order chi connectivity index (χ0) is 22.9. The Morgan fingerprint density at radius 2 is 1.73 bits per heavy atom. The molecule has 2 N–H and O–H groups in total. The fourth-order valence-corrected chi connectivity index (χ4v) is 3.57. The lowest BCUT2D eigenvalue weighted by Crippen LogP contribution is -2.34. The van der Waals surface area contributed by atoms with Gasteiger partial charge in [0.2, 0.25) is 0 Å². The summed E-state index contributed by atoms with van der Waals surface area (Å²) in [6, 6.07) is 5.16. The summed E-state index contributed by atoms with van der Waals surface area (Å²) in [6.07, 6.45) is 12.0. The van der Waals surface area contributed by atoms with E-state index in [0.29, 0.717) is 6.04 Å². The number of likely N-dealkylation sites (tertiary alicyclic amines) is 1. The van der Waals surface area contributed by atoms with Gasteiger partial charge in [-0.2, -0.15) is 0 Å². The molecule has 1 aromatic carbocycles. The lowest BCUT2D eigenvalue weighted by Gasteiger charge is -2.29. The standard InChI is InChI=1S/C16H26N2.C8H15N.C3H6/c1-6-14-8-9-15(13(4)12(14)3)10-18-16(7-2)11-17-5;1-3-8-6-4-5-7-9(8)2;1-3-2/h8-9,11,17-18H,6-7,10H2,1-5H3;3,8H,1,4-7H2,2H3;3H,1H2,2H3/b16-11-;;. The number of aryl methyl sites for hydroxylation is 1. The summed E-state index contributed by atoms with van der Waals surface area (Å²) in [5.74, 6) is 0. The largest absolute Gasteiger partial charge is 0.393 e. The van der Waals surface area contributed by atoms with E-state index in [2.05, 4.69) is 81.6 Å². The summed E-state index contributed by atoms with van der Waals surface area (Å²) < 4.78 is 0. The van der Waals surface area contributed by atoms with Crippen molar-refractivity contribution in [3.05, 3.63) is 71.6 Å². The van der Waals surface area contributed by atoms with Crippen molar-refractivity contribution >= 4 is 0 Å². The van der Waals surface area contributed by atoms with Gasteiger partial charge in [-0.1, -0.05) is 44.6 Å². The molecule has 1 unspecified atom stereocenters. The van der Waals surface area contributed by atoms with Crippen LogP contribution in [0.25, 0.3) is 0 Å². The molecule has 170 valence electrons. The summed E-state index contributed by atoms with van der Waals surface area (Å²) in [5, 5.41) is 6.57. The molecule has 0 radical (unpaired) electrons. The summed E-state index contributed by atoms with van der Waals surface area (Å²) in [4.78, 5) is 2.37. The van der Waals surface area contributed by atoms with Gasteiger partial charge in [0, 0.05) is 31.5 Å². The topological polar surface area (TPSA) is 27.3 Å². The first-order valence-corrected chi connectivity index (χ1v) is 11.5. The molecule has 30 heavy (non-hydrogen) atoms. The second-order valence-electron chi connectivity index (χ2n) is 7.84. The van der Waals surface area contributed by atoms with Crippen molar-refractivity contribution in [3.63, 3.8) is 0 Å². The Bertz CT molecular complexity index is 646. The van der Waals surface area contributed by atoms with Crippen LogP contribution < -0.4 is 10.6 Å². The number of hydrogen-bond acceptors (Lipinski definition) is 3. The third kappa shape index (κ3) is 10.2. The molecule has 1 fully saturated rings. The minimum absolute atomic E-state index is 0.652. The van der Waals surface area contributed by atoms with Gasteiger partial charge in [0.05, 0.1) is 0 Å². The number of likely N-dealkylation sites (N-methyl/N-ethyl adjacent to an activating group) is 1. The highest BCUT2D eigenvalue weighted by molar-refractivity contribution is 5.39. The number of allylic oxidation sites excluding steroid dienone is 2. The van der Waals surface area contributed by atoms with Crippen molar-refractivity contribution < 1.29 is 0 Å². The molecule has 0 saturated carbocycles. The average molecular weight is 414 g/mol. The second kappa shape index (κ2) is 16.8. The van der Waals surface area contributed by atoms with Crippen molar-refractivity contribution in [1.82, 2.24) is 15.5 Å². The van der Waals surface area contributed by atoms with E-state index in [-0.39, 0.29) is 0 Å². The Morgan fingerprint density at radius 3 is 2.20 bits per heavy atom. The highest BCUT2D eigenvalue weighted by Gasteiger charge is 2.14. The van der Waals surface area contributed by atoms with Crippen LogP contribution in [-0.2, 0) is 13.0 Å². The molecule has 1 atom stereocenters. The summed E-state index contributed by atoms with van der Waals surface area (Å²) in [7, 11) is 4.11. The maximum atomic E-state index is 3.79. The number of nitrogens with one attached hydrogen (secondary N) is 2. The highest BCUT2D eigenvalue weighted by Crippen LogP contribution is 2.18. The molecule has 1 aromatic rings. The van der Waals surface area contributed by atoms with E-state index in [4.69, 9.17) is 0 Å².